The number of hydrogen-bond acceptors (Lipinski definition) is 6. The second kappa shape index (κ2) is 12.4. The van der Waals surface area contributed by atoms with Crippen LogP contribution in [-0.4, -0.2) is 77.7 Å². The Morgan fingerprint density at radius 2 is 1.68 bits per heavy atom. The molecule has 1 heterocycles. The normalized spacial score (nSPS) is 20.4. The number of rotatable bonds is 10. The highest BCUT2D eigenvalue weighted by Crippen LogP contribution is 2.21. The third-order valence-electron chi connectivity index (χ3n) is 6.55. The molecule has 1 unspecified atom stereocenters. The topological polar surface area (TPSA) is 71.1 Å². The monoisotopic (exact) mass is 467 g/mol. The summed E-state index contributed by atoms with van der Waals surface area (Å²) in [4.78, 5) is 18.8. The predicted molar refractivity (Wildman–Crippen MR) is 137 cm³/mol. The van der Waals surface area contributed by atoms with Gasteiger partial charge < -0.3 is 10.2 Å². The van der Waals surface area contributed by atoms with Crippen LogP contribution < -0.4 is 10.8 Å². The fourth-order valence-corrected chi connectivity index (χ4v) is 4.94. The molecule has 1 amide bonds. The zero-order valence-corrected chi connectivity index (χ0v) is 21.3. The van der Waals surface area contributed by atoms with Crippen molar-refractivity contribution < 1.29 is 10.0 Å². The van der Waals surface area contributed by atoms with Crippen LogP contribution in [0.25, 0.3) is 0 Å². The summed E-state index contributed by atoms with van der Waals surface area (Å²) < 4.78 is 0. The van der Waals surface area contributed by atoms with Crippen LogP contribution in [0.15, 0.2) is 48.5 Å². The number of likely N-dealkylation sites (N-methyl/N-ethyl adjacent to an activating group) is 1. The second-order valence-corrected chi connectivity index (χ2v) is 10.1. The van der Waals surface area contributed by atoms with Crippen LogP contribution in [0.1, 0.15) is 47.8 Å². The Bertz CT molecular complexity index is 905. The van der Waals surface area contributed by atoms with Crippen molar-refractivity contribution in [3.05, 3.63) is 70.8 Å². The van der Waals surface area contributed by atoms with E-state index < -0.39 is 5.91 Å². The lowest BCUT2D eigenvalue weighted by atomic mass is 10.0. The van der Waals surface area contributed by atoms with E-state index in [2.05, 4.69) is 79.1 Å². The van der Waals surface area contributed by atoms with Crippen LogP contribution in [0.3, 0.4) is 0 Å². The number of hydroxylamine groups is 1. The van der Waals surface area contributed by atoms with Crippen molar-refractivity contribution in [2.75, 3.05) is 33.7 Å². The maximum atomic E-state index is 11.5. The number of hydrogen-bond donors (Lipinski definition) is 3. The molecule has 0 aromatic heterocycles. The molecule has 1 saturated heterocycles. The van der Waals surface area contributed by atoms with Crippen molar-refractivity contribution in [3.63, 3.8) is 0 Å². The number of carbonyl (C=O) groups excluding carboxylic acids is 1. The number of piperazine rings is 1. The summed E-state index contributed by atoms with van der Waals surface area (Å²) in [7, 11) is 4.21. The maximum Gasteiger partial charge on any atom is 0.274 e. The molecule has 3 N–H and O–H groups in total. The molecular weight excluding hydrogens is 426 g/mol. The first-order chi connectivity index (χ1) is 16.2. The molecule has 3 rings (SSSR count). The summed E-state index contributed by atoms with van der Waals surface area (Å²) in [6.07, 6.45) is 0. The van der Waals surface area contributed by atoms with Gasteiger partial charge in [0.05, 0.1) is 0 Å². The smallest absolute Gasteiger partial charge is 0.274 e. The third-order valence-corrected chi connectivity index (χ3v) is 6.55. The van der Waals surface area contributed by atoms with Gasteiger partial charge in [-0.25, -0.2) is 5.48 Å². The molecule has 2 aromatic rings. The molecule has 0 radical (unpaired) electrons. The number of benzene rings is 2. The zero-order chi connectivity index (χ0) is 24.7. The Labute approximate surface area is 204 Å². The first kappa shape index (κ1) is 26.3. The van der Waals surface area contributed by atoms with Gasteiger partial charge in [-0.1, -0.05) is 36.4 Å². The Morgan fingerprint density at radius 1 is 1.03 bits per heavy atom. The van der Waals surface area contributed by atoms with Crippen molar-refractivity contribution >= 4 is 5.91 Å². The van der Waals surface area contributed by atoms with Gasteiger partial charge >= 0.3 is 0 Å². The third kappa shape index (κ3) is 7.61. The van der Waals surface area contributed by atoms with Gasteiger partial charge in [-0.3, -0.25) is 19.8 Å². The van der Waals surface area contributed by atoms with Crippen molar-refractivity contribution in [3.8, 4) is 0 Å². The van der Waals surface area contributed by atoms with Gasteiger partial charge in [0, 0.05) is 63.0 Å². The summed E-state index contributed by atoms with van der Waals surface area (Å²) in [5, 5.41) is 12.4. The minimum Gasteiger partial charge on any atom is -0.309 e. The average Bonchev–Trinajstić information content (AvgIpc) is 2.80. The molecule has 0 aliphatic carbocycles. The molecule has 1 fully saturated rings. The second-order valence-electron chi connectivity index (χ2n) is 10.1. The molecule has 7 heteroatoms. The van der Waals surface area contributed by atoms with E-state index in [-0.39, 0.29) is 0 Å². The lowest BCUT2D eigenvalue weighted by Crippen LogP contribution is -2.55. The Kier molecular flexibility index (Phi) is 9.62. The molecule has 0 saturated carbocycles. The van der Waals surface area contributed by atoms with Crippen LogP contribution in [0.2, 0.25) is 0 Å². The SMILES string of the molecule is CC(CN(C)C)NCc1cccc(CN2[C@H](C)CN(Cc3ccc(C(=O)NO)cc3)C[C@@H]2C)c1. The lowest BCUT2D eigenvalue weighted by Gasteiger charge is -2.44. The number of nitrogens with one attached hydrogen (secondary N) is 2. The van der Waals surface area contributed by atoms with Crippen molar-refractivity contribution in [2.24, 2.45) is 0 Å². The van der Waals surface area contributed by atoms with E-state index in [1.165, 1.54) is 16.7 Å². The molecule has 3 atom stereocenters. The van der Waals surface area contributed by atoms with Gasteiger partial charge in [-0.15, -0.1) is 0 Å². The summed E-state index contributed by atoms with van der Waals surface area (Å²) in [6, 6.07) is 17.8. The first-order valence-electron chi connectivity index (χ1n) is 12.2. The molecular formula is C27H41N5O2. The van der Waals surface area contributed by atoms with Gasteiger partial charge in [-0.05, 0) is 63.7 Å². The largest absolute Gasteiger partial charge is 0.309 e. The predicted octanol–water partition coefficient (Wildman–Crippen LogP) is 2.94. The summed E-state index contributed by atoms with van der Waals surface area (Å²) in [6.45, 7) is 12.6. The number of nitrogens with zero attached hydrogens (tertiary/aromatic N) is 3. The summed E-state index contributed by atoms with van der Waals surface area (Å²) in [5.41, 5.74) is 6.01. The highest BCUT2D eigenvalue weighted by Gasteiger charge is 2.29. The van der Waals surface area contributed by atoms with Gasteiger partial charge in [0.1, 0.15) is 0 Å². The maximum absolute atomic E-state index is 11.5. The minimum atomic E-state index is -0.481. The Balaban J connectivity index is 1.54. The summed E-state index contributed by atoms with van der Waals surface area (Å²) >= 11 is 0. The van der Waals surface area contributed by atoms with Crippen LogP contribution in [0.4, 0.5) is 0 Å². The Hall–Kier alpha value is -2.29. The molecule has 1 aliphatic heterocycles. The summed E-state index contributed by atoms with van der Waals surface area (Å²) in [5.74, 6) is -0.481. The Morgan fingerprint density at radius 3 is 2.29 bits per heavy atom. The van der Waals surface area contributed by atoms with Gasteiger partial charge in [0.25, 0.3) is 5.91 Å². The van der Waals surface area contributed by atoms with Crippen LogP contribution in [-0.2, 0) is 19.6 Å². The average molecular weight is 468 g/mol. The molecule has 186 valence electrons. The molecule has 34 heavy (non-hydrogen) atoms. The standard InChI is InChI=1S/C27H41N5O2/c1-20(15-30(4)5)28-14-24-7-6-8-25(13-24)19-32-21(2)16-31(17-22(32)3)18-23-9-11-26(12-10-23)27(33)29-34/h6-13,20-22,28,34H,14-19H2,1-5H3,(H,29,33)/t20?,21-,22+. The molecule has 0 spiro atoms. The molecule has 1 aliphatic rings. The van der Waals surface area contributed by atoms with E-state index in [0.29, 0.717) is 23.7 Å². The van der Waals surface area contributed by atoms with Crippen LogP contribution in [0, 0.1) is 0 Å². The van der Waals surface area contributed by atoms with E-state index in [0.717, 1.165) is 39.3 Å². The fourth-order valence-electron chi connectivity index (χ4n) is 4.94. The van der Waals surface area contributed by atoms with E-state index in [9.17, 15) is 4.79 Å². The fraction of sp³-hybridized carbons (Fsp3) is 0.519. The van der Waals surface area contributed by atoms with Gasteiger partial charge in [0.2, 0.25) is 0 Å². The zero-order valence-electron chi connectivity index (χ0n) is 21.3. The van der Waals surface area contributed by atoms with Crippen LogP contribution in [0.5, 0.6) is 0 Å². The van der Waals surface area contributed by atoms with E-state index in [4.69, 9.17) is 5.21 Å². The quantitative estimate of drug-likeness (QED) is 0.369. The van der Waals surface area contributed by atoms with E-state index in [1.807, 2.05) is 12.1 Å². The van der Waals surface area contributed by atoms with E-state index >= 15 is 0 Å². The molecule has 0 bridgehead atoms. The van der Waals surface area contributed by atoms with Crippen molar-refractivity contribution in [1.29, 1.82) is 0 Å². The van der Waals surface area contributed by atoms with E-state index in [1.54, 1.807) is 17.6 Å². The molecule has 7 nitrogen and oxygen atoms in total. The van der Waals surface area contributed by atoms with Gasteiger partial charge in [-0.2, -0.15) is 0 Å². The highest BCUT2D eigenvalue weighted by molar-refractivity contribution is 5.93. The first-order valence-corrected chi connectivity index (χ1v) is 12.2. The number of carbonyl (C=O) groups is 1. The van der Waals surface area contributed by atoms with Gasteiger partial charge in [0.15, 0.2) is 0 Å². The molecule has 2 aromatic carbocycles. The lowest BCUT2D eigenvalue weighted by molar-refractivity contribution is 0.0290. The highest BCUT2D eigenvalue weighted by atomic mass is 16.5. The van der Waals surface area contributed by atoms with Crippen molar-refractivity contribution in [2.45, 2.75) is 58.5 Å². The number of amides is 1. The van der Waals surface area contributed by atoms with Crippen LogP contribution >= 0.6 is 0 Å². The van der Waals surface area contributed by atoms with Crippen molar-refractivity contribution in [1.82, 2.24) is 25.5 Å². The minimum absolute atomic E-state index is 0.449.